The third-order valence-corrected chi connectivity index (χ3v) is 7.25. The fourth-order valence-electron chi connectivity index (χ4n) is 5.13. The molecule has 0 fully saturated rings. The first-order chi connectivity index (χ1) is 20.3. The maximum Gasteiger partial charge on any atom is 0.416 e. The lowest BCUT2D eigenvalue weighted by Gasteiger charge is -2.12. The number of hydrogen-bond donors (Lipinski definition) is 0. The van der Waals surface area contributed by atoms with Gasteiger partial charge < -0.3 is 4.57 Å². The molecule has 6 aromatic rings. The molecule has 0 N–H and O–H groups in total. The molecule has 6 nitrogen and oxygen atoms in total. The van der Waals surface area contributed by atoms with Crippen LogP contribution in [0.25, 0.3) is 33.2 Å². The van der Waals surface area contributed by atoms with Gasteiger partial charge in [-0.05, 0) is 48.9 Å². The van der Waals surface area contributed by atoms with Crippen molar-refractivity contribution in [1.29, 1.82) is 5.26 Å². The van der Waals surface area contributed by atoms with Crippen LogP contribution in [0, 0.1) is 18.3 Å². The lowest BCUT2D eigenvalue weighted by Crippen LogP contribution is -2.20. The normalized spacial score (nSPS) is 11.9. The highest BCUT2D eigenvalue weighted by Crippen LogP contribution is 2.32. The van der Waals surface area contributed by atoms with Gasteiger partial charge >= 0.3 is 6.18 Å². The topological polar surface area (TPSA) is 76.0 Å². The van der Waals surface area contributed by atoms with Crippen molar-refractivity contribution in [3.63, 3.8) is 0 Å². The molecule has 0 radical (unpaired) electrons. The molecular formula is C33H22F3N5O. The Morgan fingerprint density at radius 1 is 0.929 bits per heavy atom. The Morgan fingerprint density at radius 2 is 1.64 bits per heavy atom. The van der Waals surface area contributed by atoms with E-state index in [4.69, 9.17) is 0 Å². The van der Waals surface area contributed by atoms with Crippen LogP contribution in [0.2, 0.25) is 0 Å². The fraction of sp³-hybridized carbons (Fsp3) is 0.0909. The van der Waals surface area contributed by atoms with Gasteiger partial charge in [-0.3, -0.25) is 4.79 Å². The minimum atomic E-state index is -4.57. The average Bonchev–Trinajstić information content (AvgIpc) is 3.26. The van der Waals surface area contributed by atoms with Gasteiger partial charge in [0.05, 0.1) is 34.3 Å². The van der Waals surface area contributed by atoms with E-state index in [1.54, 1.807) is 36.5 Å². The van der Waals surface area contributed by atoms with Crippen LogP contribution >= 0.6 is 0 Å². The molecule has 0 amide bonds. The third-order valence-electron chi connectivity index (χ3n) is 7.25. The zero-order valence-corrected chi connectivity index (χ0v) is 22.3. The highest BCUT2D eigenvalue weighted by molar-refractivity contribution is 6.01. The number of fused-ring (bicyclic) bond motifs is 2. The Kier molecular flexibility index (Phi) is 6.67. The van der Waals surface area contributed by atoms with Crippen LogP contribution in [0.15, 0.2) is 107 Å². The molecule has 0 aliphatic rings. The van der Waals surface area contributed by atoms with E-state index >= 15 is 0 Å². The SMILES string of the molecule is Cc1c(C=Nn2c(-c3cccc(C(F)(F)F)c3)nc3ccccc3c2=O)c2ccccc2n1Cc1ccccc1C#N. The predicted molar refractivity (Wildman–Crippen MR) is 156 cm³/mol. The molecular weight excluding hydrogens is 539 g/mol. The fourth-order valence-corrected chi connectivity index (χ4v) is 5.13. The van der Waals surface area contributed by atoms with Crippen molar-refractivity contribution < 1.29 is 13.2 Å². The monoisotopic (exact) mass is 561 g/mol. The number of hydrogen-bond acceptors (Lipinski definition) is 4. The lowest BCUT2D eigenvalue weighted by molar-refractivity contribution is -0.137. The first-order valence-corrected chi connectivity index (χ1v) is 13.1. The van der Waals surface area contributed by atoms with E-state index in [2.05, 4.69) is 20.7 Å². The molecule has 0 aliphatic carbocycles. The highest BCUT2D eigenvalue weighted by atomic mass is 19.4. The maximum atomic E-state index is 13.6. The number of para-hydroxylation sites is 2. The van der Waals surface area contributed by atoms with Gasteiger partial charge in [0.2, 0.25) is 0 Å². The molecule has 0 saturated heterocycles. The second kappa shape index (κ2) is 10.5. The molecule has 0 unspecified atom stereocenters. The first kappa shape index (κ1) is 26.7. The van der Waals surface area contributed by atoms with Gasteiger partial charge in [0.15, 0.2) is 5.82 Å². The molecule has 0 saturated carbocycles. The van der Waals surface area contributed by atoms with Gasteiger partial charge in [0, 0.05) is 34.3 Å². The summed E-state index contributed by atoms with van der Waals surface area (Å²) < 4.78 is 43.8. The summed E-state index contributed by atoms with van der Waals surface area (Å²) in [6.07, 6.45) is -3.02. The van der Waals surface area contributed by atoms with Gasteiger partial charge in [-0.25, -0.2) is 4.98 Å². The second-order valence-electron chi connectivity index (χ2n) is 9.76. The van der Waals surface area contributed by atoms with E-state index < -0.39 is 17.3 Å². The number of nitrogens with zero attached hydrogens (tertiary/aromatic N) is 5. The van der Waals surface area contributed by atoms with Gasteiger partial charge in [0.1, 0.15) is 0 Å². The second-order valence-corrected chi connectivity index (χ2v) is 9.76. The third kappa shape index (κ3) is 4.73. The molecule has 0 atom stereocenters. The molecule has 2 aromatic heterocycles. The smallest absolute Gasteiger partial charge is 0.340 e. The minimum absolute atomic E-state index is 0.00890. The molecule has 0 bridgehead atoms. The average molecular weight is 562 g/mol. The number of nitriles is 1. The van der Waals surface area contributed by atoms with Crippen LogP contribution in [-0.4, -0.2) is 20.4 Å². The van der Waals surface area contributed by atoms with Crippen molar-refractivity contribution >= 4 is 28.0 Å². The minimum Gasteiger partial charge on any atom is -0.340 e. The van der Waals surface area contributed by atoms with Crippen LogP contribution in [-0.2, 0) is 12.7 Å². The van der Waals surface area contributed by atoms with Crippen molar-refractivity contribution in [3.8, 4) is 17.5 Å². The Labute approximate surface area is 238 Å². The Bertz CT molecular complexity index is 2120. The highest BCUT2D eigenvalue weighted by Gasteiger charge is 2.31. The summed E-state index contributed by atoms with van der Waals surface area (Å²) >= 11 is 0. The van der Waals surface area contributed by atoms with Gasteiger partial charge in [-0.15, -0.1) is 0 Å². The number of rotatable bonds is 5. The van der Waals surface area contributed by atoms with E-state index in [1.807, 2.05) is 49.4 Å². The van der Waals surface area contributed by atoms with Crippen LogP contribution < -0.4 is 5.56 Å². The van der Waals surface area contributed by atoms with E-state index in [1.165, 1.54) is 12.1 Å². The molecule has 4 aromatic carbocycles. The largest absolute Gasteiger partial charge is 0.416 e. The molecule has 42 heavy (non-hydrogen) atoms. The summed E-state index contributed by atoms with van der Waals surface area (Å²) in [7, 11) is 0. The molecule has 2 heterocycles. The van der Waals surface area contributed by atoms with Crippen LogP contribution in [0.1, 0.15) is 27.9 Å². The number of benzene rings is 4. The summed E-state index contributed by atoms with van der Waals surface area (Å²) in [5, 5.41) is 15.3. The predicted octanol–water partition coefficient (Wildman–Crippen LogP) is 7.15. The van der Waals surface area contributed by atoms with Crippen molar-refractivity contribution in [2.24, 2.45) is 5.10 Å². The zero-order valence-electron chi connectivity index (χ0n) is 22.3. The van der Waals surface area contributed by atoms with Crippen molar-refractivity contribution in [3.05, 3.63) is 135 Å². The van der Waals surface area contributed by atoms with E-state index in [9.17, 15) is 23.2 Å². The quantitative estimate of drug-likeness (QED) is 0.210. The van der Waals surface area contributed by atoms with Gasteiger partial charge in [-0.1, -0.05) is 60.7 Å². The lowest BCUT2D eigenvalue weighted by atomic mass is 10.1. The maximum absolute atomic E-state index is 13.6. The molecule has 0 aliphatic heterocycles. The summed E-state index contributed by atoms with van der Waals surface area (Å²) in [6, 6.07) is 28.7. The Balaban J connectivity index is 1.53. The number of halogens is 3. The van der Waals surface area contributed by atoms with Crippen LogP contribution in [0.4, 0.5) is 13.2 Å². The molecule has 206 valence electrons. The molecule has 0 spiro atoms. The molecule has 9 heteroatoms. The van der Waals surface area contributed by atoms with Crippen LogP contribution in [0.3, 0.4) is 0 Å². The van der Waals surface area contributed by atoms with Gasteiger partial charge in [0.25, 0.3) is 5.56 Å². The standard InChI is InChI=1S/C33H22F3N5O/c1-21-28(26-13-5-7-16-30(26)40(21)20-24-10-3-2-9-23(24)18-37)19-38-41-31(22-11-8-12-25(17-22)33(34,35)36)39-29-15-6-4-14-27(29)32(41)42/h2-17,19H,20H2,1H3. The number of alkyl halides is 3. The summed E-state index contributed by atoms with van der Waals surface area (Å²) in [5.41, 5.74) is 3.01. The molecule has 6 rings (SSSR count). The number of aromatic nitrogens is 3. The van der Waals surface area contributed by atoms with E-state index in [0.29, 0.717) is 17.6 Å². The van der Waals surface area contributed by atoms with Crippen LogP contribution in [0.5, 0.6) is 0 Å². The summed E-state index contributed by atoms with van der Waals surface area (Å²) in [4.78, 5) is 18.2. The first-order valence-electron chi connectivity index (χ1n) is 13.1. The van der Waals surface area contributed by atoms with E-state index in [0.717, 1.165) is 44.5 Å². The van der Waals surface area contributed by atoms with Gasteiger partial charge in [-0.2, -0.15) is 28.2 Å². The Hall–Kier alpha value is -5.49. The van der Waals surface area contributed by atoms with Crippen molar-refractivity contribution in [2.45, 2.75) is 19.6 Å². The van der Waals surface area contributed by atoms with Crippen molar-refractivity contribution in [2.75, 3.05) is 0 Å². The Morgan fingerprint density at radius 3 is 2.43 bits per heavy atom. The summed E-state index contributed by atoms with van der Waals surface area (Å²) in [5.74, 6) is -0.00890. The zero-order chi connectivity index (χ0) is 29.4. The summed E-state index contributed by atoms with van der Waals surface area (Å²) in [6.45, 7) is 2.36. The van der Waals surface area contributed by atoms with Crippen molar-refractivity contribution in [1.82, 2.24) is 14.2 Å². The van der Waals surface area contributed by atoms with E-state index in [-0.39, 0.29) is 16.8 Å².